The van der Waals surface area contributed by atoms with Crippen LogP contribution in [0.3, 0.4) is 0 Å². The second kappa shape index (κ2) is 35.0. The van der Waals surface area contributed by atoms with E-state index in [0.717, 1.165) is 0 Å². The average molecular weight is 537 g/mol. The molecule has 0 spiro atoms. The Bertz CT molecular complexity index is 372. The third-order valence-corrected chi connectivity index (χ3v) is 8.80. The maximum absolute atomic E-state index is 9.89. The van der Waals surface area contributed by atoms with Gasteiger partial charge >= 0.3 is 20.4 Å². The van der Waals surface area contributed by atoms with Crippen LogP contribution in [-0.2, 0) is 39.5 Å². The van der Waals surface area contributed by atoms with Crippen LogP contribution in [0.25, 0.3) is 0 Å². The summed E-state index contributed by atoms with van der Waals surface area (Å²) in [7, 11) is 0.892. The standard InChI is InChI=1S/2C6H15P.2C5H5O2.Pd/c2*1-4-7(5-2)6-3;2*1-3-5(6)7-4-2;/h2*4-6H2,1-3H3;2*4H2,2H3;/q;;2*-1;+2. The Balaban J connectivity index is -0.0000000873. The van der Waals surface area contributed by atoms with Crippen molar-refractivity contribution in [3.05, 3.63) is 12.8 Å². The Morgan fingerprint density at radius 1 is 0.621 bits per heavy atom. The van der Waals surface area contributed by atoms with Crippen molar-refractivity contribution in [3.63, 3.8) is 0 Å². The van der Waals surface area contributed by atoms with E-state index in [1.54, 1.807) is 25.7 Å². The predicted octanol–water partition coefficient (Wildman–Crippen LogP) is 5.33. The molecule has 0 amide bonds. The van der Waals surface area contributed by atoms with Crippen LogP contribution in [-0.4, -0.2) is 62.1 Å². The number of ether oxygens (including phenoxy) is 2. The zero-order valence-corrected chi connectivity index (χ0v) is 22.8. The van der Waals surface area contributed by atoms with Gasteiger partial charge in [0.25, 0.3) is 0 Å². The van der Waals surface area contributed by atoms with Crippen LogP contribution < -0.4 is 0 Å². The van der Waals surface area contributed by atoms with Gasteiger partial charge in [-0.1, -0.05) is 41.5 Å². The molecule has 7 heteroatoms. The Morgan fingerprint density at radius 3 is 0.862 bits per heavy atom. The molecule has 0 saturated carbocycles. The molecule has 0 atom stereocenters. The molecule has 0 N–H and O–H groups in total. The van der Waals surface area contributed by atoms with Crippen molar-refractivity contribution in [1.29, 1.82) is 0 Å². The molecule has 0 aromatic heterocycles. The van der Waals surface area contributed by atoms with Crippen molar-refractivity contribution < 1.29 is 39.5 Å². The van der Waals surface area contributed by atoms with Gasteiger partial charge in [0.2, 0.25) is 11.9 Å². The zero-order chi connectivity index (χ0) is 22.8. The fourth-order valence-electron chi connectivity index (χ4n) is 1.68. The Hall–Kier alpha value is -0.418. The third-order valence-electron chi connectivity index (χ3n) is 3.44. The quantitative estimate of drug-likeness (QED) is 0.138. The molecule has 0 heterocycles. The molecule has 0 aromatic rings. The molecule has 172 valence electrons. The summed E-state index contributed by atoms with van der Waals surface area (Å²) in [5, 5.41) is 0. The molecule has 0 unspecified atom stereocenters. The smallest absolute Gasteiger partial charge is 0.542 e. The SMILES string of the molecule is CCP(CC)CC.CCP(CC)CC.[C-]#CC(=O)OCC.[C-]#CC(=O)OCC.[Pd+2]. The van der Waals surface area contributed by atoms with Gasteiger partial charge in [0, 0.05) is 0 Å². The van der Waals surface area contributed by atoms with Crippen LogP contribution in [0, 0.1) is 24.7 Å². The van der Waals surface area contributed by atoms with E-state index >= 15 is 0 Å². The van der Waals surface area contributed by atoms with Gasteiger partial charge in [-0.3, -0.25) is 0 Å². The number of rotatable bonds is 8. The fraction of sp³-hybridized carbons (Fsp3) is 0.727. The first-order valence-electron chi connectivity index (χ1n) is 9.95. The number of carbonyl (C=O) groups excluding carboxylic acids is 2. The van der Waals surface area contributed by atoms with Crippen LogP contribution in [0.2, 0.25) is 0 Å². The van der Waals surface area contributed by atoms with E-state index in [-0.39, 0.29) is 20.4 Å². The molecule has 0 saturated heterocycles. The summed E-state index contributed by atoms with van der Waals surface area (Å²) in [6.45, 7) is 17.7. The Labute approximate surface area is 197 Å². The minimum Gasteiger partial charge on any atom is -0.542 e. The maximum atomic E-state index is 9.89. The molecule has 0 fully saturated rings. The van der Waals surface area contributed by atoms with Crippen LogP contribution in [0.1, 0.15) is 55.4 Å². The van der Waals surface area contributed by atoms with Gasteiger partial charge in [0.05, 0.1) is 13.2 Å². The molecule has 0 aliphatic carbocycles. The van der Waals surface area contributed by atoms with E-state index in [1.165, 1.54) is 37.0 Å². The van der Waals surface area contributed by atoms with E-state index in [1.807, 2.05) is 0 Å². The van der Waals surface area contributed by atoms with Crippen molar-refractivity contribution in [1.82, 2.24) is 0 Å². The van der Waals surface area contributed by atoms with Crippen molar-refractivity contribution in [2.75, 3.05) is 50.2 Å². The molecule has 0 bridgehead atoms. The number of carbonyl (C=O) groups is 2. The van der Waals surface area contributed by atoms with Gasteiger partial charge < -0.3 is 31.9 Å². The van der Waals surface area contributed by atoms with Crippen molar-refractivity contribution in [2.24, 2.45) is 0 Å². The second-order valence-electron chi connectivity index (χ2n) is 4.93. The molecule has 0 aromatic carbocycles. The van der Waals surface area contributed by atoms with Gasteiger partial charge in [0.15, 0.2) is 0 Å². The predicted molar refractivity (Wildman–Crippen MR) is 125 cm³/mol. The van der Waals surface area contributed by atoms with E-state index in [4.69, 9.17) is 12.8 Å². The summed E-state index contributed by atoms with van der Waals surface area (Å²) >= 11 is 0. The van der Waals surface area contributed by atoms with E-state index in [9.17, 15) is 9.59 Å². The number of esters is 2. The third kappa shape index (κ3) is 38.8. The molecule has 0 aliphatic rings. The largest absolute Gasteiger partial charge is 2.00 e. The summed E-state index contributed by atoms with van der Waals surface area (Å²) in [5.74, 6) is 1.70. The van der Waals surface area contributed by atoms with Crippen LogP contribution >= 0.6 is 15.8 Å². The van der Waals surface area contributed by atoms with Gasteiger partial charge in [-0.2, -0.15) is 0 Å². The summed E-state index contributed by atoms with van der Waals surface area (Å²) in [6, 6.07) is 0. The van der Waals surface area contributed by atoms with Crippen LogP contribution in [0.15, 0.2) is 0 Å². The van der Waals surface area contributed by atoms with Crippen molar-refractivity contribution in [2.45, 2.75) is 55.4 Å². The first kappa shape index (κ1) is 39.1. The summed E-state index contributed by atoms with van der Waals surface area (Å²) < 4.78 is 8.51. The van der Waals surface area contributed by atoms with Gasteiger partial charge in [-0.25, -0.2) is 11.8 Å². The normalized spacial score (nSPS) is 8.28. The van der Waals surface area contributed by atoms with E-state index < -0.39 is 11.9 Å². The summed E-state index contributed by atoms with van der Waals surface area (Å²) in [4.78, 5) is 19.8. The molecule has 0 rings (SSSR count). The molecule has 29 heavy (non-hydrogen) atoms. The van der Waals surface area contributed by atoms with Gasteiger partial charge in [-0.05, 0) is 50.8 Å². The summed E-state index contributed by atoms with van der Waals surface area (Å²) in [5.41, 5.74) is 0. The molecular formula is C22H40O4P2Pd. The first-order valence-corrected chi connectivity index (χ1v) is 13.7. The number of hydrogen-bond donors (Lipinski definition) is 0. The van der Waals surface area contributed by atoms with Crippen LogP contribution in [0.4, 0.5) is 0 Å². The summed E-state index contributed by atoms with van der Waals surface area (Å²) in [6.07, 6.45) is 20.9. The molecule has 4 nitrogen and oxygen atoms in total. The van der Waals surface area contributed by atoms with Gasteiger partial charge in [-0.15, -0.1) is 15.8 Å². The Morgan fingerprint density at radius 2 is 0.828 bits per heavy atom. The zero-order valence-electron chi connectivity index (χ0n) is 19.5. The second-order valence-corrected chi connectivity index (χ2v) is 11.4. The number of hydrogen-bond acceptors (Lipinski definition) is 4. The van der Waals surface area contributed by atoms with E-state index in [0.29, 0.717) is 29.1 Å². The fourth-order valence-corrected chi connectivity index (χ4v) is 4.36. The Kier molecular flexibility index (Phi) is 47.3. The van der Waals surface area contributed by atoms with Gasteiger partial charge in [0.1, 0.15) is 0 Å². The first-order chi connectivity index (χ1) is 13.3. The van der Waals surface area contributed by atoms with Crippen molar-refractivity contribution >= 4 is 27.8 Å². The average Bonchev–Trinajstić information content (AvgIpc) is 2.72. The van der Waals surface area contributed by atoms with E-state index in [2.05, 4.69) is 51.0 Å². The molecule has 0 radical (unpaired) electrons. The molecular weight excluding hydrogens is 497 g/mol. The maximum Gasteiger partial charge on any atom is 2.00 e. The topological polar surface area (TPSA) is 52.6 Å². The molecule has 0 aliphatic heterocycles. The minimum absolute atomic E-state index is 0. The minimum atomic E-state index is -0.706. The van der Waals surface area contributed by atoms with Crippen molar-refractivity contribution in [3.8, 4) is 11.8 Å². The monoisotopic (exact) mass is 536 g/mol. The van der Waals surface area contributed by atoms with Crippen LogP contribution in [0.5, 0.6) is 0 Å².